The van der Waals surface area contributed by atoms with Crippen molar-refractivity contribution >= 4 is 48.4 Å². The van der Waals surface area contributed by atoms with Crippen molar-refractivity contribution in [3.05, 3.63) is 53.3 Å². The van der Waals surface area contributed by atoms with Crippen molar-refractivity contribution in [2.45, 2.75) is 81.5 Å². The Morgan fingerprint density at radius 1 is 1.11 bits per heavy atom. The van der Waals surface area contributed by atoms with Crippen molar-refractivity contribution in [3.8, 4) is 0 Å². The van der Waals surface area contributed by atoms with Gasteiger partial charge in [-0.2, -0.15) is 4.72 Å². The minimum atomic E-state index is -3.88. The molecular formula is C27H35ClN4O4S2. The second-order valence-corrected chi connectivity index (χ2v) is 14.7. The van der Waals surface area contributed by atoms with Crippen molar-refractivity contribution in [3.63, 3.8) is 0 Å². The van der Waals surface area contributed by atoms with Gasteiger partial charge >= 0.3 is 0 Å². The number of aryl methyl sites for hydroxylation is 1. The molecule has 2 saturated carbocycles. The number of benzene rings is 1. The lowest BCUT2D eigenvalue weighted by atomic mass is 9.91. The lowest BCUT2D eigenvalue weighted by molar-refractivity contribution is 0.263. The third kappa shape index (κ3) is 4.63. The SMILES string of the molecule is CCCN(c1cnc2c(ccn2S(=O)(=O)c2ccc(C)cc2)c1Cl)[C@]1(NS(=O)(=O)C2CC2)CCC[C@H]1CC. The van der Waals surface area contributed by atoms with E-state index in [1.54, 1.807) is 36.5 Å². The van der Waals surface area contributed by atoms with E-state index in [9.17, 15) is 16.8 Å². The monoisotopic (exact) mass is 578 g/mol. The molecule has 0 radical (unpaired) electrons. The molecule has 0 bridgehead atoms. The Labute approximate surface area is 230 Å². The first kappa shape index (κ1) is 27.4. The third-order valence-corrected chi connectivity index (χ3v) is 12.0. The summed E-state index contributed by atoms with van der Waals surface area (Å²) < 4.78 is 57.7. The summed E-state index contributed by atoms with van der Waals surface area (Å²) in [5.74, 6) is 0.112. The summed E-state index contributed by atoms with van der Waals surface area (Å²) in [5.41, 5.74) is 1.01. The van der Waals surface area contributed by atoms with Crippen LogP contribution in [0.4, 0.5) is 5.69 Å². The molecular weight excluding hydrogens is 544 g/mol. The van der Waals surface area contributed by atoms with E-state index in [-0.39, 0.29) is 21.7 Å². The summed E-state index contributed by atoms with van der Waals surface area (Å²) in [6.45, 7) is 6.63. The van der Waals surface area contributed by atoms with Gasteiger partial charge in [-0.3, -0.25) is 0 Å². The highest BCUT2D eigenvalue weighted by Crippen LogP contribution is 2.46. The Hall–Kier alpha value is -2.14. The van der Waals surface area contributed by atoms with Gasteiger partial charge in [0.2, 0.25) is 10.0 Å². The minimum Gasteiger partial charge on any atom is -0.350 e. The maximum Gasteiger partial charge on any atom is 0.269 e. The molecule has 0 aliphatic heterocycles. The van der Waals surface area contributed by atoms with E-state index in [1.807, 2.05) is 6.92 Å². The van der Waals surface area contributed by atoms with Crippen LogP contribution in [-0.2, 0) is 20.0 Å². The fourth-order valence-corrected chi connectivity index (χ4v) is 9.24. The van der Waals surface area contributed by atoms with Gasteiger partial charge in [0.15, 0.2) is 5.65 Å². The van der Waals surface area contributed by atoms with Crippen LogP contribution in [0.15, 0.2) is 47.6 Å². The van der Waals surface area contributed by atoms with Gasteiger partial charge in [0.1, 0.15) is 5.66 Å². The first-order chi connectivity index (χ1) is 18.0. The number of nitrogens with zero attached hydrogens (tertiary/aromatic N) is 3. The third-order valence-electron chi connectivity index (χ3n) is 7.96. The number of nitrogens with one attached hydrogen (secondary N) is 1. The number of anilines is 1. The number of hydrogen-bond donors (Lipinski definition) is 1. The van der Waals surface area contributed by atoms with Gasteiger partial charge in [0.05, 0.1) is 27.1 Å². The zero-order chi connectivity index (χ0) is 27.3. The molecule has 8 nitrogen and oxygen atoms in total. The Bertz CT molecular complexity index is 1550. The molecule has 206 valence electrons. The minimum absolute atomic E-state index is 0.112. The second-order valence-electron chi connectivity index (χ2n) is 10.5. The zero-order valence-electron chi connectivity index (χ0n) is 22.0. The van der Waals surface area contributed by atoms with E-state index in [0.717, 1.165) is 35.2 Å². The highest BCUT2D eigenvalue weighted by Gasteiger charge is 2.52. The highest BCUT2D eigenvalue weighted by molar-refractivity contribution is 7.90. The smallest absolute Gasteiger partial charge is 0.269 e. The lowest BCUT2D eigenvalue weighted by Crippen LogP contribution is -2.63. The van der Waals surface area contributed by atoms with Crippen LogP contribution in [0.2, 0.25) is 5.02 Å². The number of sulfonamides is 1. The van der Waals surface area contributed by atoms with E-state index in [1.165, 1.54) is 6.20 Å². The highest BCUT2D eigenvalue weighted by atomic mass is 35.5. The predicted molar refractivity (Wildman–Crippen MR) is 152 cm³/mol. The summed E-state index contributed by atoms with van der Waals surface area (Å²) in [6.07, 6.45) is 8.55. The average molecular weight is 579 g/mol. The Morgan fingerprint density at radius 3 is 2.45 bits per heavy atom. The van der Waals surface area contributed by atoms with Crippen LogP contribution in [0.1, 0.15) is 64.4 Å². The number of halogens is 1. The van der Waals surface area contributed by atoms with Gasteiger partial charge in [0, 0.05) is 18.1 Å². The van der Waals surface area contributed by atoms with Crippen molar-refractivity contribution < 1.29 is 16.8 Å². The number of hydrogen-bond acceptors (Lipinski definition) is 6. The Kier molecular flexibility index (Phi) is 7.30. The van der Waals surface area contributed by atoms with Crippen LogP contribution in [-0.4, -0.2) is 43.2 Å². The average Bonchev–Trinajstić information content (AvgIpc) is 3.54. The molecule has 38 heavy (non-hydrogen) atoms. The van der Waals surface area contributed by atoms with Gasteiger partial charge < -0.3 is 4.90 Å². The van der Waals surface area contributed by atoms with Gasteiger partial charge in [-0.1, -0.05) is 43.1 Å². The fourth-order valence-electron chi connectivity index (χ4n) is 5.84. The largest absolute Gasteiger partial charge is 0.350 e. The second kappa shape index (κ2) is 10.1. The molecule has 2 aliphatic carbocycles. The molecule has 0 spiro atoms. The number of fused-ring (bicyclic) bond motifs is 1. The first-order valence-corrected chi connectivity index (χ1v) is 16.7. The molecule has 0 unspecified atom stereocenters. The van der Waals surface area contributed by atoms with E-state index in [2.05, 4.69) is 28.5 Å². The number of aromatic nitrogens is 2. The molecule has 2 fully saturated rings. The summed E-state index contributed by atoms with van der Waals surface area (Å²) >= 11 is 7.01. The van der Waals surface area contributed by atoms with Crippen molar-refractivity contribution in [1.82, 2.24) is 13.7 Å². The topological polar surface area (TPSA) is 101 Å². The molecule has 2 aromatic heterocycles. The maximum absolute atomic E-state index is 13.4. The summed E-state index contributed by atoms with van der Waals surface area (Å²) in [4.78, 5) is 6.85. The molecule has 3 aromatic rings. The molecule has 0 saturated heterocycles. The maximum atomic E-state index is 13.4. The fraction of sp³-hybridized carbons (Fsp3) is 0.519. The normalized spacial score (nSPS) is 22.3. The Morgan fingerprint density at radius 2 is 1.82 bits per heavy atom. The van der Waals surface area contributed by atoms with Crippen molar-refractivity contribution in [2.75, 3.05) is 11.4 Å². The molecule has 5 rings (SSSR count). The number of rotatable bonds is 10. The molecule has 1 N–H and O–H groups in total. The van der Waals surface area contributed by atoms with Gasteiger partial charge in [0.25, 0.3) is 10.0 Å². The van der Waals surface area contributed by atoms with E-state index < -0.39 is 25.7 Å². The quantitative estimate of drug-likeness (QED) is 0.321. The van der Waals surface area contributed by atoms with E-state index in [4.69, 9.17) is 11.6 Å². The van der Waals surface area contributed by atoms with E-state index >= 15 is 0 Å². The van der Waals surface area contributed by atoms with Crippen LogP contribution in [0.25, 0.3) is 11.0 Å². The summed E-state index contributed by atoms with van der Waals surface area (Å²) in [6, 6.07) is 8.34. The van der Waals surface area contributed by atoms with Crippen LogP contribution in [0.3, 0.4) is 0 Å². The summed E-state index contributed by atoms with van der Waals surface area (Å²) in [5, 5.41) is 0.540. The molecule has 2 atom stereocenters. The molecule has 2 aliphatic rings. The van der Waals surface area contributed by atoms with Crippen LogP contribution in [0.5, 0.6) is 0 Å². The van der Waals surface area contributed by atoms with Crippen LogP contribution >= 0.6 is 11.6 Å². The molecule has 0 amide bonds. The van der Waals surface area contributed by atoms with Gasteiger partial charge in [-0.15, -0.1) is 0 Å². The molecule has 2 heterocycles. The molecule has 1 aromatic carbocycles. The Balaban J connectivity index is 1.62. The predicted octanol–water partition coefficient (Wildman–Crippen LogP) is 5.44. The standard InChI is InChI=1S/C27H35ClN4O4S2/c1-4-16-31(27(15-6-7-20(27)5-2)30-37(33,34)21-12-13-21)24-18-29-26-23(25(24)28)14-17-32(26)38(35,36)22-10-8-19(3)9-11-22/h8-11,14,17-18,20-21,30H,4-7,12-13,15-16H2,1-3H3/t20-,27-/m1/s1. The lowest BCUT2D eigenvalue weighted by Gasteiger charge is -2.47. The molecule has 11 heteroatoms. The van der Waals surface area contributed by atoms with E-state index in [0.29, 0.717) is 41.9 Å². The van der Waals surface area contributed by atoms with Crippen molar-refractivity contribution in [1.29, 1.82) is 0 Å². The summed E-state index contributed by atoms with van der Waals surface area (Å²) in [7, 11) is -7.36. The van der Waals surface area contributed by atoms with Gasteiger partial charge in [-0.05, 0) is 76.0 Å². The zero-order valence-corrected chi connectivity index (χ0v) is 24.4. The number of pyridine rings is 1. The van der Waals surface area contributed by atoms with Gasteiger partial charge in [-0.25, -0.2) is 25.8 Å². The first-order valence-electron chi connectivity index (χ1n) is 13.3. The van der Waals surface area contributed by atoms with Crippen LogP contribution in [0, 0.1) is 12.8 Å². The van der Waals surface area contributed by atoms with Crippen molar-refractivity contribution in [2.24, 2.45) is 5.92 Å². The van der Waals surface area contributed by atoms with Crippen LogP contribution < -0.4 is 9.62 Å².